The number of furan rings is 1. The third kappa shape index (κ3) is 3.42. The quantitative estimate of drug-likeness (QED) is 0.568. The molecular weight excluding hydrogens is 368 g/mol. The molecule has 0 bridgehead atoms. The Balaban J connectivity index is 1.54. The number of carbonyl (C=O) groups is 1. The van der Waals surface area contributed by atoms with Crippen LogP contribution in [0.2, 0.25) is 0 Å². The number of anilines is 1. The van der Waals surface area contributed by atoms with E-state index >= 15 is 0 Å². The van der Waals surface area contributed by atoms with Crippen LogP contribution < -0.4 is 10.9 Å². The summed E-state index contributed by atoms with van der Waals surface area (Å²) in [5, 5.41) is 13.2. The van der Waals surface area contributed by atoms with E-state index in [9.17, 15) is 9.59 Å². The fourth-order valence-corrected chi connectivity index (χ4v) is 3.11. The summed E-state index contributed by atoms with van der Waals surface area (Å²) in [6.45, 7) is 1.59. The molecule has 4 aromatic heterocycles. The number of hydrogen-bond donors (Lipinski definition) is 1. The Hall–Kier alpha value is -3.53. The van der Waals surface area contributed by atoms with Gasteiger partial charge in [-0.3, -0.25) is 9.59 Å². The summed E-state index contributed by atoms with van der Waals surface area (Å²) >= 11 is 1.27. The number of hydrogen-bond acceptors (Lipinski definition) is 7. The van der Waals surface area contributed by atoms with Gasteiger partial charge in [-0.1, -0.05) is 0 Å². The number of nitrogens with one attached hydrogen (secondary N) is 1. The van der Waals surface area contributed by atoms with Crippen LogP contribution in [0, 0.1) is 0 Å². The van der Waals surface area contributed by atoms with Gasteiger partial charge in [-0.2, -0.15) is 5.10 Å². The van der Waals surface area contributed by atoms with E-state index in [1.165, 1.54) is 22.1 Å². The average molecular weight is 382 g/mol. The number of aromatic nitrogens is 5. The minimum Gasteiger partial charge on any atom is -0.463 e. The van der Waals surface area contributed by atoms with Crippen LogP contribution in [0.1, 0.15) is 13.0 Å². The fraction of sp³-hybridized carbons (Fsp3) is 0.118. The van der Waals surface area contributed by atoms with E-state index in [-0.39, 0.29) is 5.56 Å². The molecule has 27 heavy (non-hydrogen) atoms. The van der Waals surface area contributed by atoms with Gasteiger partial charge in [0.15, 0.2) is 16.7 Å². The molecule has 0 spiro atoms. The van der Waals surface area contributed by atoms with Gasteiger partial charge < -0.3 is 9.73 Å². The first kappa shape index (κ1) is 16.9. The Labute approximate surface area is 156 Å². The third-order valence-corrected chi connectivity index (χ3v) is 4.56. The molecule has 0 saturated heterocycles. The zero-order valence-corrected chi connectivity index (χ0v) is 15.0. The standard InChI is InChI=1S/C17H14N6O3S/c1-11(23-15(24)6-5-14(21-23)22-8-3-7-18-22)16(25)20-17-19-12(10-27-17)13-4-2-9-26-13/h2-11H,1H3,(H,19,20,25). The Kier molecular flexibility index (Phi) is 4.38. The molecule has 4 heterocycles. The molecule has 9 nitrogen and oxygen atoms in total. The molecule has 0 radical (unpaired) electrons. The second-order valence-corrected chi connectivity index (χ2v) is 6.46. The molecule has 0 saturated carbocycles. The van der Waals surface area contributed by atoms with Gasteiger partial charge in [0, 0.05) is 23.8 Å². The molecule has 4 aromatic rings. The van der Waals surface area contributed by atoms with Gasteiger partial charge in [0.25, 0.3) is 11.5 Å². The second kappa shape index (κ2) is 7.00. The highest BCUT2D eigenvalue weighted by Gasteiger charge is 2.20. The zero-order valence-electron chi connectivity index (χ0n) is 14.1. The van der Waals surface area contributed by atoms with Crippen molar-refractivity contribution in [2.75, 3.05) is 5.32 Å². The minimum absolute atomic E-state index is 0.385. The number of amides is 1. The van der Waals surface area contributed by atoms with E-state index in [1.54, 1.807) is 55.2 Å². The number of nitrogens with zero attached hydrogens (tertiary/aromatic N) is 5. The topological polar surface area (TPSA) is 108 Å². The van der Waals surface area contributed by atoms with Crippen molar-refractivity contribution in [2.45, 2.75) is 13.0 Å². The van der Waals surface area contributed by atoms with Crippen LogP contribution >= 0.6 is 11.3 Å². The van der Waals surface area contributed by atoms with E-state index in [1.807, 2.05) is 0 Å². The summed E-state index contributed by atoms with van der Waals surface area (Å²) in [5.74, 6) is 0.653. The summed E-state index contributed by atoms with van der Waals surface area (Å²) < 4.78 is 7.92. The summed E-state index contributed by atoms with van der Waals surface area (Å²) in [6.07, 6.45) is 4.86. The van der Waals surface area contributed by atoms with Crippen LogP contribution in [0.4, 0.5) is 5.13 Å². The molecule has 1 N–H and O–H groups in total. The average Bonchev–Trinajstić information content (AvgIpc) is 3.42. The molecule has 4 rings (SSSR count). The first-order valence-electron chi connectivity index (χ1n) is 8.02. The van der Waals surface area contributed by atoms with Gasteiger partial charge >= 0.3 is 0 Å². The van der Waals surface area contributed by atoms with Crippen LogP contribution in [-0.4, -0.2) is 30.5 Å². The smallest absolute Gasteiger partial charge is 0.267 e. The van der Waals surface area contributed by atoms with Gasteiger partial charge in [-0.25, -0.2) is 14.3 Å². The first-order chi connectivity index (χ1) is 13.1. The SMILES string of the molecule is CC(C(=O)Nc1nc(-c2ccco2)cs1)n1nc(-n2cccn2)ccc1=O. The van der Waals surface area contributed by atoms with Crippen molar-refractivity contribution in [3.05, 3.63) is 64.7 Å². The predicted molar refractivity (Wildman–Crippen MR) is 98.8 cm³/mol. The van der Waals surface area contributed by atoms with Gasteiger partial charge in [-0.05, 0) is 31.2 Å². The van der Waals surface area contributed by atoms with Crippen molar-refractivity contribution in [1.29, 1.82) is 0 Å². The van der Waals surface area contributed by atoms with Crippen molar-refractivity contribution in [3.63, 3.8) is 0 Å². The molecule has 0 fully saturated rings. The first-order valence-corrected chi connectivity index (χ1v) is 8.90. The molecule has 0 aromatic carbocycles. The van der Waals surface area contributed by atoms with Gasteiger partial charge in [-0.15, -0.1) is 16.4 Å². The Bertz CT molecular complexity index is 1110. The summed E-state index contributed by atoms with van der Waals surface area (Å²) in [4.78, 5) is 29.1. The minimum atomic E-state index is -0.830. The molecule has 0 aliphatic rings. The molecule has 0 aliphatic carbocycles. The fourth-order valence-electron chi connectivity index (χ4n) is 2.41. The monoisotopic (exact) mass is 382 g/mol. The maximum absolute atomic E-state index is 12.6. The highest BCUT2D eigenvalue weighted by molar-refractivity contribution is 7.14. The van der Waals surface area contributed by atoms with Gasteiger partial charge in [0.1, 0.15) is 11.7 Å². The predicted octanol–water partition coefficient (Wildman–Crippen LogP) is 2.35. The molecule has 0 aliphatic heterocycles. The summed E-state index contributed by atoms with van der Waals surface area (Å²) in [5.41, 5.74) is 0.243. The van der Waals surface area contributed by atoms with E-state index in [0.717, 1.165) is 4.68 Å². The Morgan fingerprint density at radius 3 is 2.93 bits per heavy atom. The van der Waals surface area contributed by atoms with Crippen LogP contribution in [0.15, 0.2) is 63.6 Å². The van der Waals surface area contributed by atoms with Gasteiger partial charge in [0.2, 0.25) is 0 Å². The molecule has 1 amide bonds. The van der Waals surface area contributed by atoms with Crippen LogP contribution in [0.5, 0.6) is 0 Å². The highest BCUT2D eigenvalue weighted by Crippen LogP contribution is 2.25. The summed E-state index contributed by atoms with van der Waals surface area (Å²) in [7, 11) is 0. The largest absolute Gasteiger partial charge is 0.463 e. The molecule has 10 heteroatoms. The van der Waals surface area contributed by atoms with E-state index in [0.29, 0.717) is 22.4 Å². The lowest BCUT2D eigenvalue weighted by Crippen LogP contribution is -2.33. The van der Waals surface area contributed by atoms with Crippen LogP contribution in [0.3, 0.4) is 0 Å². The lowest BCUT2D eigenvalue weighted by molar-refractivity contribution is -0.119. The van der Waals surface area contributed by atoms with E-state index < -0.39 is 11.9 Å². The maximum Gasteiger partial charge on any atom is 0.267 e. The van der Waals surface area contributed by atoms with E-state index in [4.69, 9.17) is 4.42 Å². The highest BCUT2D eigenvalue weighted by atomic mass is 32.1. The normalized spacial score (nSPS) is 12.0. The zero-order chi connectivity index (χ0) is 18.8. The number of carbonyl (C=O) groups excluding carboxylic acids is 1. The van der Waals surface area contributed by atoms with Crippen LogP contribution in [0.25, 0.3) is 17.3 Å². The summed E-state index contributed by atoms with van der Waals surface area (Å²) in [6, 6.07) is 7.36. The molecule has 1 atom stereocenters. The van der Waals surface area contributed by atoms with E-state index in [2.05, 4.69) is 20.5 Å². The number of rotatable bonds is 5. The Morgan fingerprint density at radius 1 is 1.30 bits per heavy atom. The molecule has 1 unspecified atom stereocenters. The van der Waals surface area contributed by atoms with Crippen molar-refractivity contribution in [2.24, 2.45) is 0 Å². The third-order valence-electron chi connectivity index (χ3n) is 3.80. The lowest BCUT2D eigenvalue weighted by Gasteiger charge is -2.13. The second-order valence-electron chi connectivity index (χ2n) is 5.61. The van der Waals surface area contributed by atoms with Crippen molar-refractivity contribution < 1.29 is 9.21 Å². The van der Waals surface area contributed by atoms with Crippen LogP contribution in [-0.2, 0) is 4.79 Å². The molecule has 136 valence electrons. The van der Waals surface area contributed by atoms with Crippen molar-refractivity contribution >= 4 is 22.4 Å². The lowest BCUT2D eigenvalue weighted by atomic mass is 10.3. The number of thiazole rings is 1. The Morgan fingerprint density at radius 2 is 2.19 bits per heavy atom. The molecular formula is C17H14N6O3S. The van der Waals surface area contributed by atoms with Gasteiger partial charge in [0.05, 0.1) is 6.26 Å². The van der Waals surface area contributed by atoms with Crippen molar-refractivity contribution in [3.8, 4) is 17.3 Å². The van der Waals surface area contributed by atoms with Crippen molar-refractivity contribution in [1.82, 2.24) is 24.5 Å². The maximum atomic E-state index is 12.6.